The number of hydrogen-bond acceptors (Lipinski definition) is 8. The van der Waals surface area contributed by atoms with E-state index in [0.29, 0.717) is 34.5 Å². The first kappa shape index (κ1) is 25.4. The number of nitrogens with one attached hydrogen (secondary N) is 1. The van der Waals surface area contributed by atoms with Crippen molar-refractivity contribution in [3.63, 3.8) is 0 Å². The third kappa shape index (κ3) is 5.26. The molecule has 0 spiro atoms. The zero-order chi connectivity index (χ0) is 25.7. The largest absolute Gasteiger partial charge is 0.497 e. The van der Waals surface area contributed by atoms with Gasteiger partial charge in [-0.05, 0) is 37.0 Å². The number of nitrogens with zero attached hydrogens (tertiary/aromatic N) is 2. The number of allylic oxidation sites excluding steroid dienone is 1. The number of esters is 1. The number of aliphatic imine (C=N–C) groups is 1. The molecule has 36 heavy (non-hydrogen) atoms. The van der Waals surface area contributed by atoms with E-state index in [1.807, 2.05) is 52.8 Å². The minimum absolute atomic E-state index is 0.128. The summed E-state index contributed by atoms with van der Waals surface area (Å²) in [7, 11) is 3.16. The van der Waals surface area contributed by atoms with Crippen LogP contribution in [0.5, 0.6) is 11.5 Å². The predicted molar refractivity (Wildman–Crippen MR) is 139 cm³/mol. The van der Waals surface area contributed by atoms with Crippen LogP contribution in [0, 0.1) is 0 Å². The van der Waals surface area contributed by atoms with Gasteiger partial charge in [-0.2, -0.15) is 0 Å². The molecule has 2 aliphatic heterocycles. The molecule has 9 heteroatoms. The minimum Gasteiger partial charge on any atom is -0.497 e. The van der Waals surface area contributed by atoms with Crippen molar-refractivity contribution in [2.75, 3.05) is 20.8 Å². The van der Waals surface area contributed by atoms with E-state index in [1.165, 1.54) is 11.8 Å². The fourth-order valence-corrected chi connectivity index (χ4v) is 5.17. The van der Waals surface area contributed by atoms with Gasteiger partial charge >= 0.3 is 5.97 Å². The van der Waals surface area contributed by atoms with Gasteiger partial charge in [0.15, 0.2) is 5.17 Å². The van der Waals surface area contributed by atoms with E-state index in [2.05, 4.69) is 10.3 Å². The highest BCUT2D eigenvalue weighted by Crippen LogP contribution is 2.47. The van der Waals surface area contributed by atoms with E-state index < -0.39 is 12.0 Å². The van der Waals surface area contributed by atoms with Gasteiger partial charge in [0.2, 0.25) is 5.91 Å². The van der Waals surface area contributed by atoms with Gasteiger partial charge in [-0.25, -0.2) is 9.79 Å². The van der Waals surface area contributed by atoms with Crippen molar-refractivity contribution >= 4 is 28.8 Å². The molecule has 4 rings (SSSR count). The second-order valence-electron chi connectivity index (χ2n) is 8.16. The first-order valence-corrected chi connectivity index (χ1v) is 12.5. The Balaban J connectivity index is 1.67. The smallest absolute Gasteiger partial charge is 0.338 e. The molecule has 0 aromatic heterocycles. The molecule has 0 aliphatic carbocycles. The molecule has 0 saturated heterocycles. The van der Waals surface area contributed by atoms with Crippen molar-refractivity contribution in [1.29, 1.82) is 0 Å². The maximum atomic E-state index is 13.1. The maximum absolute atomic E-state index is 13.1. The molecule has 1 amide bonds. The topological polar surface area (TPSA) is 89.5 Å². The third-order valence-corrected chi connectivity index (χ3v) is 6.79. The highest BCUT2D eigenvalue weighted by Gasteiger charge is 2.42. The van der Waals surface area contributed by atoms with Crippen molar-refractivity contribution in [3.8, 4) is 11.5 Å². The van der Waals surface area contributed by atoms with Crippen LogP contribution in [0.15, 0.2) is 75.9 Å². The van der Waals surface area contributed by atoms with Crippen LogP contribution in [0.1, 0.15) is 37.4 Å². The fourth-order valence-electron chi connectivity index (χ4n) is 4.20. The average molecular weight is 508 g/mol. The lowest BCUT2D eigenvalue weighted by Crippen LogP contribution is -2.38. The molecule has 188 valence electrons. The second-order valence-corrected chi connectivity index (χ2v) is 9.00. The van der Waals surface area contributed by atoms with E-state index in [9.17, 15) is 9.59 Å². The Morgan fingerprint density at radius 1 is 1.11 bits per heavy atom. The van der Waals surface area contributed by atoms with E-state index in [-0.39, 0.29) is 18.9 Å². The molecule has 1 N–H and O–H groups in total. The van der Waals surface area contributed by atoms with Crippen LogP contribution in [0.25, 0.3) is 0 Å². The number of carbonyl (C=O) groups excluding carboxylic acids is 2. The van der Waals surface area contributed by atoms with E-state index >= 15 is 0 Å². The Morgan fingerprint density at radius 2 is 1.89 bits per heavy atom. The lowest BCUT2D eigenvalue weighted by Gasteiger charge is -2.36. The summed E-state index contributed by atoms with van der Waals surface area (Å²) in [6, 6.07) is 14.6. The van der Waals surface area contributed by atoms with E-state index in [4.69, 9.17) is 14.2 Å². The lowest BCUT2D eigenvalue weighted by molar-refractivity contribution is -0.139. The molecular formula is C27H29N3O5S. The van der Waals surface area contributed by atoms with Crippen LogP contribution in [0.3, 0.4) is 0 Å². The number of fused-ring (bicyclic) bond motifs is 1. The average Bonchev–Trinajstić information content (AvgIpc) is 3.28. The van der Waals surface area contributed by atoms with Crippen LogP contribution >= 0.6 is 11.8 Å². The molecule has 8 nitrogen and oxygen atoms in total. The van der Waals surface area contributed by atoms with Gasteiger partial charge in [-0.3, -0.25) is 4.79 Å². The lowest BCUT2D eigenvalue weighted by atomic mass is 9.93. The molecule has 0 radical (unpaired) electrons. The van der Waals surface area contributed by atoms with Gasteiger partial charge in [0, 0.05) is 23.9 Å². The number of amidine groups is 1. The number of rotatable bonds is 9. The fraction of sp³-hybridized carbons (Fsp3) is 0.296. The Bertz CT molecular complexity index is 1240. The maximum Gasteiger partial charge on any atom is 0.338 e. The predicted octanol–water partition coefficient (Wildman–Crippen LogP) is 4.55. The molecule has 0 saturated carbocycles. The Hall–Kier alpha value is -3.72. The van der Waals surface area contributed by atoms with Gasteiger partial charge in [0.05, 0.1) is 44.6 Å². The summed E-state index contributed by atoms with van der Waals surface area (Å²) in [5.41, 5.74) is 3.47. The third-order valence-electron chi connectivity index (χ3n) is 5.91. The van der Waals surface area contributed by atoms with Gasteiger partial charge in [0.1, 0.15) is 11.5 Å². The quantitative estimate of drug-likeness (QED) is 0.498. The molecule has 0 bridgehead atoms. The summed E-state index contributed by atoms with van der Waals surface area (Å²) < 4.78 is 16.5. The SMILES string of the molecule is CCOC(=O)C1=C(C)N=C2SC=C(CC(=O)NCc3ccccc3)N2[C@H]1c1ccc(OC)cc1OC. The summed E-state index contributed by atoms with van der Waals surface area (Å²) in [6.45, 7) is 4.23. The van der Waals surface area contributed by atoms with Crippen LogP contribution < -0.4 is 14.8 Å². The first-order valence-electron chi connectivity index (χ1n) is 11.6. The number of amides is 1. The Labute approximate surface area is 215 Å². The number of ether oxygens (including phenoxy) is 3. The van der Waals surface area contributed by atoms with Gasteiger partial charge in [-0.15, -0.1) is 0 Å². The monoisotopic (exact) mass is 507 g/mol. The highest BCUT2D eigenvalue weighted by atomic mass is 32.2. The van der Waals surface area contributed by atoms with Crippen molar-refractivity contribution in [3.05, 3.63) is 82.0 Å². The first-order chi connectivity index (χ1) is 17.5. The van der Waals surface area contributed by atoms with Crippen LogP contribution in [0.2, 0.25) is 0 Å². The molecule has 2 aromatic rings. The Morgan fingerprint density at radius 3 is 2.58 bits per heavy atom. The zero-order valence-corrected chi connectivity index (χ0v) is 21.6. The number of thioether (sulfide) groups is 1. The van der Waals surface area contributed by atoms with E-state index in [0.717, 1.165) is 16.8 Å². The number of benzene rings is 2. The van der Waals surface area contributed by atoms with Gasteiger partial charge in [0.25, 0.3) is 0 Å². The number of hydrogen-bond donors (Lipinski definition) is 1. The van der Waals surface area contributed by atoms with Crippen LogP contribution in [-0.4, -0.2) is 42.8 Å². The summed E-state index contributed by atoms with van der Waals surface area (Å²) >= 11 is 1.42. The summed E-state index contributed by atoms with van der Waals surface area (Å²) in [4.78, 5) is 32.7. The van der Waals surface area contributed by atoms with Crippen molar-refractivity contribution in [2.24, 2.45) is 4.99 Å². The summed E-state index contributed by atoms with van der Waals surface area (Å²) in [5, 5.41) is 5.57. The molecule has 2 aliphatic rings. The second kappa shape index (κ2) is 11.3. The molecule has 2 heterocycles. The van der Waals surface area contributed by atoms with Crippen molar-refractivity contribution in [2.45, 2.75) is 32.9 Å². The normalized spacial score (nSPS) is 16.7. The molecule has 0 fully saturated rings. The summed E-state index contributed by atoms with van der Waals surface area (Å²) in [5.74, 6) is 0.604. The molecule has 0 unspecified atom stereocenters. The number of carbonyl (C=O) groups is 2. The van der Waals surface area contributed by atoms with Gasteiger partial charge < -0.3 is 24.4 Å². The van der Waals surface area contributed by atoms with Crippen molar-refractivity contribution < 1.29 is 23.8 Å². The molecular weight excluding hydrogens is 478 g/mol. The van der Waals surface area contributed by atoms with Crippen molar-refractivity contribution in [1.82, 2.24) is 10.2 Å². The highest BCUT2D eigenvalue weighted by molar-refractivity contribution is 8.16. The minimum atomic E-state index is -0.583. The van der Waals surface area contributed by atoms with E-state index in [1.54, 1.807) is 34.1 Å². The molecule has 1 atom stereocenters. The van der Waals surface area contributed by atoms with Gasteiger partial charge in [-0.1, -0.05) is 42.1 Å². The summed E-state index contributed by atoms with van der Waals surface area (Å²) in [6.07, 6.45) is 0.128. The Kier molecular flexibility index (Phi) is 8.00. The standard InChI is InChI=1S/C27H29N3O5S/c1-5-35-26(32)24-17(2)29-27-30(25(24)21-12-11-20(33-3)14-22(21)34-4)19(16-36-27)13-23(31)28-15-18-9-7-6-8-10-18/h6-12,14,16,25H,5,13,15H2,1-4H3,(H,28,31)/t25-/m0/s1. The number of methoxy groups -OCH3 is 2. The zero-order valence-electron chi connectivity index (χ0n) is 20.7. The van der Waals surface area contributed by atoms with Crippen LogP contribution in [0.4, 0.5) is 0 Å². The molecule has 2 aromatic carbocycles. The van der Waals surface area contributed by atoms with Crippen LogP contribution in [-0.2, 0) is 20.9 Å².